The zero-order valence-electron chi connectivity index (χ0n) is 20.6. The van der Waals surface area contributed by atoms with Crippen LogP contribution < -0.4 is 16.4 Å². The van der Waals surface area contributed by atoms with Crippen LogP contribution in [0.4, 0.5) is 5.69 Å². The first-order chi connectivity index (χ1) is 17.9. The quantitative estimate of drug-likeness (QED) is 0.148. The van der Waals surface area contributed by atoms with E-state index in [0.29, 0.717) is 16.8 Å². The molecule has 4 aromatic carbocycles. The number of rotatable bonds is 9. The molecule has 37 heavy (non-hydrogen) atoms. The van der Waals surface area contributed by atoms with Crippen molar-refractivity contribution in [2.24, 2.45) is 5.73 Å². The molecule has 0 bridgehead atoms. The molecule has 186 valence electrons. The normalized spacial score (nSPS) is 12.2. The van der Waals surface area contributed by atoms with E-state index in [2.05, 4.69) is 34.9 Å². The van der Waals surface area contributed by atoms with Gasteiger partial charge in [-0.15, -0.1) is 0 Å². The maximum atomic E-state index is 13.4. The van der Waals surface area contributed by atoms with Crippen LogP contribution in [-0.4, -0.2) is 17.6 Å². The molecule has 0 saturated carbocycles. The van der Waals surface area contributed by atoms with Crippen molar-refractivity contribution in [3.63, 3.8) is 0 Å². The third-order valence-corrected chi connectivity index (χ3v) is 6.21. The Labute approximate surface area is 217 Å². The molecular formula is C31H30N4O2. The van der Waals surface area contributed by atoms with Crippen LogP contribution in [0.1, 0.15) is 46.7 Å². The van der Waals surface area contributed by atoms with Crippen molar-refractivity contribution >= 4 is 23.3 Å². The van der Waals surface area contributed by atoms with E-state index in [9.17, 15) is 9.59 Å². The van der Waals surface area contributed by atoms with Gasteiger partial charge in [-0.3, -0.25) is 15.0 Å². The summed E-state index contributed by atoms with van der Waals surface area (Å²) in [6.45, 7) is 1.91. The Kier molecular flexibility index (Phi) is 8.11. The molecule has 0 aliphatic carbocycles. The Morgan fingerprint density at radius 3 is 1.89 bits per heavy atom. The first-order valence-electron chi connectivity index (χ1n) is 12.1. The highest BCUT2D eigenvalue weighted by molar-refractivity contribution is 6.11. The molecule has 2 unspecified atom stereocenters. The van der Waals surface area contributed by atoms with Gasteiger partial charge in [0.25, 0.3) is 0 Å². The summed E-state index contributed by atoms with van der Waals surface area (Å²) in [5, 5.41) is 13.4. The molecule has 0 heterocycles. The zero-order chi connectivity index (χ0) is 26.2. The third-order valence-electron chi connectivity index (χ3n) is 6.21. The number of hydrogen-bond acceptors (Lipinski definition) is 3. The SMILES string of the molecule is CC(NC(=O)C(C(=O)Nc1ccc(C(=N)N)cc1)c1ccccc1)c1ccc(Cc2ccccc2)cc1. The van der Waals surface area contributed by atoms with Gasteiger partial charge in [-0.1, -0.05) is 84.9 Å². The maximum Gasteiger partial charge on any atom is 0.241 e. The van der Waals surface area contributed by atoms with Gasteiger partial charge in [0.1, 0.15) is 11.8 Å². The lowest BCUT2D eigenvalue weighted by molar-refractivity contribution is -0.129. The highest BCUT2D eigenvalue weighted by Gasteiger charge is 2.29. The third kappa shape index (κ3) is 6.70. The second-order valence-electron chi connectivity index (χ2n) is 8.96. The second kappa shape index (κ2) is 11.8. The number of nitrogen functional groups attached to an aromatic ring is 1. The van der Waals surface area contributed by atoms with Crippen molar-refractivity contribution in [1.82, 2.24) is 5.32 Å². The number of anilines is 1. The number of benzene rings is 4. The lowest BCUT2D eigenvalue weighted by Crippen LogP contribution is -2.37. The summed E-state index contributed by atoms with van der Waals surface area (Å²) in [5.41, 5.74) is 10.6. The van der Waals surface area contributed by atoms with Crippen molar-refractivity contribution in [1.29, 1.82) is 5.41 Å². The second-order valence-corrected chi connectivity index (χ2v) is 8.96. The van der Waals surface area contributed by atoms with Crippen LogP contribution in [0.3, 0.4) is 0 Å². The molecule has 2 amide bonds. The van der Waals surface area contributed by atoms with Gasteiger partial charge in [-0.25, -0.2) is 0 Å². The van der Waals surface area contributed by atoms with Gasteiger partial charge in [0.2, 0.25) is 11.8 Å². The first-order valence-corrected chi connectivity index (χ1v) is 12.1. The molecule has 6 nitrogen and oxygen atoms in total. The molecule has 4 aromatic rings. The van der Waals surface area contributed by atoms with Gasteiger partial charge in [0.15, 0.2) is 0 Å². The van der Waals surface area contributed by atoms with E-state index in [-0.39, 0.29) is 17.8 Å². The Bertz CT molecular complexity index is 1350. The number of nitrogens with two attached hydrogens (primary N) is 1. The first kappa shape index (κ1) is 25.4. The van der Waals surface area contributed by atoms with Crippen molar-refractivity contribution < 1.29 is 9.59 Å². The highest BCUT2D eigenvalue weighted by Crippen LogP contribution is 2.22. The molecule has 4 rings (SSSR count). The number of amidine groups is 1. The Morgan fingerprint density at radius 2 is 1.30 bits per heavy atom. The Morgan fingerprint density at radius 1 is 0.730 bits per heavy atom. The summed E-state index contributed by atoms with van der Waals surface area (Å²) in [5.74, 6) is -1.91. The fraction of sp³-hybridized carbons (Fsp3) is 0.129. The van der Waals surface area contributed by atoms with E-state index >= 15 is 0 Å². The van der Waals surface area contributed by atoms with Crippen LogP contribution in [0.15, 0.2) is 109 Å². The van der Waals surface area contributed by atoms with Gasteiger partial charge >= 0.3 is 0 Å². The zero-order valence-corrected chi connectivity index (χ0v) is 20.6. The van der Waals surface area contributed by atoms with Crippen LogP contribution in [-0.2, 0) is 16.0 Å². The van der Waals surface area contributed by atoms with Crippen LogP contribution in [0.25, 0.3) is 0 Å². The highest BCUT2D eigenvalue weighted by atomic mass is 16.2. The minimum absolute atomic E-state index is 0.0542. The van der Waals surface area contributed by atoms with Crippen LogP contribution >= 0.6 is 0 Å². The van der Waals surface area contributed by atoms with E-state index in [4.69, 9.17) is 11.1 Å². The van der Waals surface area contributed by atoms with E-state index in [1.54, 1.807) is 48.5 Å². The topological polar surface area (TPSA) is 108 Å². The average molecular weight is 491 g/mol. The van der Waals surface area contributed by atoms with E-state index in [1.807, 2.05) is 43.3 Å². The fourth-order valence-electron chi connectivity index (χ4n) is 4.15. The smallest absolute Gasteiger partial charge is 0.241 e. The van der Waals surface area contributed by atoms with Crippen molar-refractivity contribution in [3.05, 3.63) is 137 Å². The molecular weight excluding hydrogens is 460 g/mol. The summed E-state index contributed by atoms with van der Waals surface area (Å²) in [6.07, 6.45) is 0.839. The predicted molar refractivity (Wildman–Crippen MR) is 148 cm³/mol. The molecule has 0 saturated heterocycles. The largest absolute Gasteiger partial charge is 0.384 e. The number of carbonyl (C=O) groups is 2. The van der Waals surface area contributed by atoms with Crippen LogP contribution in [0.5, 0.6) is 0 Å². The standard InChI is InChI=1S/C31H30N4O2/c1-21(24-14-12-23(13-15-24)20-22-8-4-2-5-9-22)34-30(36)28(25-10-6-3-7-11-25)31(37)35-27-18-16-26(17-19-27)29(32)33/h2-19,21,28H,20H2,1H3,(H3,32,33)(H,34,36)(H,35,37). The lowest BCUT2D eigenvalue weighted by Gasteiger charge is -2.21. The number of hydrogen-bond donors (Lipinski definition) is 4. The molecule has 5 N–H and O–H groups in total. The van der Waals surface area contributed by atoms with Crippen LogP contribution in [0, 0.1) is 5.41 Å². The minimum Gasteiger partial charge on any atom is -0.384 e. The summed E-state index contributed by atoms with van der Waals surface area (Å²) >= 11 is 0. The fourth-order valence-corrected chi connectivity index (χ4v) is 4.15. The Hall–Kier alpha value is -4.71. The minimum atomic E-state index is -1.03. The summed E-state index contributed by atoms with van der Waals surface area (Å²) in [7, 11) is 0. The molecule has 0 aliphatic rings. The molecule has 0 fully saturated rings. The summed E-state index contributed by atoms with van der Waals surface area (Å²) in [6, 6.07) is 33.8. The van der Waals surface area contributed by atoms with E-state index < -0.39 is 11.8 Å². The van der Waals surface area contributed by atoms with Crippen molar-refractivity contribution in [3.8, 4) is 0 Å². The Balaban J connectivity index is 1.47. The molecule has 0 aromatic heterocycles. The molecule has 6 heteroatoms. The molecule has 2 atom stereocenters. The average Bonchev–Trinajstić information content (AvgIpc) is 2.90. The lowest BCUT2D eigenvalue weighted by atomic mass is 9.95. The summed E-state index contributed by atoms with van der Waals surface area (Å²) in [4.78, 5) is 26.7. The van der Waals surface area contributed by atoms with Crippen molar-refractivity contribution in [2.75, 3.05) is 5.32 Å². The van der Waals surface area contributed by atoms with Gasteiger partial charge < -0.3 is 16.4 Å². The molecule has 0 aliphatic heterocycles. The van der Waals surface area contributed by atoms with Crippen molar-refractivity contribution in [2.45, 2.75) is 25.3 Å². The summed E-state index contributed by atoms with van der Waals surface area (Å²) < 4.78 is 0. The number of nitrogens with one attached hydrogen (secondary N) is 3. The maximum absolute atomic E-state index is 13.4. The van der Waals surface area contributed by atoms with Gasteiger partial charge in [0, 0.05) is 11.3 Å². The van der Waals surface area contributed by atoms with Gasteiger partial charge in [0.05, 0.1) is 6.04 Å². The number of amides is 2. The number of carbonyl (C=O) groups excluding carboxylic acids is 2. The van der Waals surface area contributed by atoms with Gasteiger partial charge in [-0.2, -0.15) is 0 Å². The monoisotopic (exact) mass is 490 g/mol. The van der Waals surface area contributed by atoms with Gasteiger partial charge in [-0.05, 0) is 59.9 Å². The van der Waals surface area contributed by atoms with E-state index in [1.165, 1.54) is 11.1 Å². The van der Waals surface area contributed by atoms with E-state index in [0.717, 1.165) is 12.0 Å². The molecule has 0 spiro atoms. The molecule has 0 radical (unpaired) electrons. The van der Waals surface area contributed by atoms with Crippen LogP contribution in [0.2, 0.25) is 0 Å². The predicted octanol–water partition coefficient (Wildman–Crippen LogP) is 5.16.